The van der Waals surface area contributed by atoms with Gasteiger partial charge >= 0.3 is 0 Å². The summed E-state index contributed by atoms with van der Waals surface area (Å²) in [4.78, 5) is 2.55. The number of sulfonamides is 1. The fraction of sp³-hybridized carbons (Fsp3) is 0.526. The van der Waals surface area contributed by atoms with Gasteiger partial charge in [-0.15, -0.1) is 6.58 Å². The maximum Gasteiger partial charge on any atom is 0.243 e. The van der Waals surface area contributed by atoms with E-state index >= 15 is 0 Å². The zero-order valence-corrected chi connectivity index (χ0v) is 17.7. The summed E-state index contributed by atoms with van der Waals surface area (Å²) in [7, 11) is -3.57. The van der Waals surface area contributed by atoms with Crippen LogP contribution in [0.4, 0.5) is 11.4 Å². The van der Waals surface area contributed by atoms with E-state index in [0.717, 1.165) is 31.6 Å². The van der Waals surface area contributed by atoms with E-state index in [0.29, 0.717) is 43.6 Å². The fourth-order valence-electron chi connectivity index (χ4n) is 3.45. The van der Waals surface area contributed by atoms with Gasteiger partial charge in [0.05, 0.1) is 29.5 Å². The first-order chi connectivity index (χ1) is 13.5. The van der Waals surface area contributed by atoms with Crippen molar-refractivity contribution >= 4 is 38.7 Å². The normalized spacial score (nSPS) is 18.5. The van der Waals surface area contributed by atoms with E-state index in [1.807, 2.05) is 6.07 Å². The largest absolute Gasteiger partial charge is 0.379 e. The molecule has 0 unspecified atom stereocenters. The fourth-order valence-corrected chi connectivity index (χ4v) is 5.08. The van der Waals surface area contributed by atoms with Crippen LogP contribution in [0.2, 0.25) is 0 Å². The van der Waals surface area contributed by atoms with Gasteiger partial charge in [-0.25, -0.2) is 8.42 Å². The van der Waals surface area contributed by atoms with Crippen molar-refractivity contribution in [2.45, 2.75) is 24.2 Å². The van der Waals surface area contributed by atoms with Gasteiger partial charge in [0.1, 0.15) is 0 Å². The summed E-state index contributed by atoms with van der Waals surface area (Å²) in [5.41, 5.74) is 1.68. The zero-order valence-electron chi connectivity index (χ0n) is 16.0. The number of piperidine rings is 1. The van der Waals surface area contributed by atoms with E-state index in [2.05, 4.69) is 22.1 Å². The predicted octanol–water partition coefficient (Wildman–Crippen LogP) is 2.17. The minimum absolute atomic E-state index is 0.268. The minimum Gasteiger partial charge on any atom is -0.379 e. The second-order valence-corrected chi connectivity index (χ2v) is 9.21. The van der Waals surface area contributed by atoms with E-state index in [4.69, 9.17) is 17.0 Å². The van der Waals surface area contributed by atoms with Crippen LogP contribution in [0.5, 0.6) is 0 Å². The van der Waals surface area contributed by atoms with Crippen molar-refractivity contribution in [1.82, 2.24) is 9.62 Å². The highest BCUT2D eigenvalue weighted by molar-refractivity contribution is 7.89. The summed E-state index contributed by atoms with van der Waals surface area (Å²) < 4.78 is 32.9. The van der Waals surface area contributed by atoms with Crippen molar-refractivity contribution in [3.63, 3.8) is 0 Å². The maximum absolute atomic E-state index is 13.1. The summed E-state index contributed by atoms with van der Waals surface area (Å²) in [5.74, 6) is 0. The topological polar surface area (TPSA) is 73.9 Å². The molecule has 2 N–H and O–H groups in total. The molecule has 0 radical (unpaired) electrons. The molecule has 2 heterocycles. The Morgan fingerprint density at radius 3 is 2.57 bits per heavy atom. The van der Waals surface area contributed by atoms with Crippen molar-refractivity contribution in [2.75, 3.05) is 56.2 Å². The molecule has 154 valence electrons. The van der Waals surface area contributed by atoms with E-state index < -0.39 is 10.0 Å². The molecule has 9 heteroatoms. The number of hydrogen-bond donors (Lipinski definition) is 2. The Morgan fingerprint density at radius 1 is 1.18 bits per heavy atom. The summed E-state index contributed by atoms with van der Waals surface area (Å²) in [6.45, 7) is 7.72. The molecule has 0 aliphatic carbocycles. The molecule has 3 rings (SSSR count). The highest BCUT2D eigenvalue weighted by atomic mass is 32.2. The van der Waals surface area contributed by atoms with Gasteiger partial charge in [-0.05, 0) is 49.7 Å². The van der Waals surface area contributed by atoms with Gasteiger partial charge in [0.15, 0.2) is 5.11 Å². The van der Waals surface area contributed by atoms with Crippen molar-refractivity contribution in [3.8, 4) is 0 Å². The van der Waals surface area contributed by atoms with Crippen LogP contribution in [-0.4, -0.2) is 63.8 Å². The molecule has 0 atom stereocenters. The van der Waals surface area contributed by atoms with E-state index in [1.165, 1.54) is 10.7 Å². The molecular formula is C19H28N4O3S2. The Labute approximate surface area is 172 Å². The third-order valence-electron chi connectivity index (χ3n) is 4.93. The first-order valence-corrected chi connectivity index (χ1v) is 11.5. The second-order valence-electron chi connectivity index (χ2n) is 6.87. The average Bonchev–Trinajstić information content (AvgIpc) is 2.73. The van der Waals surface area contributed by atoms with Gasteiger partial charge in [-0.3, -0.25) is 0 Å². The summed E-state index contributed by atoms with van der Waals surface area (Å²) in [6, 6.07) is 5.27. The number of benzene rings is 1. The number of thiocarbonyl (C=S) groups is 1. The van der Waals surface area contributed by atoms with Crippen LogP contribution in [0.25, 0.3) is 0 Å². The third kappa shape index (κ3) is 5.02. The molecule has 2 aliphatic rings. The zero-order chi connectivity index (χ0) is 20.0. The van der Waals surface area contributed by atoms with Gasteiger partial charge in [-0.1, -0.05) is 6.08 Å². The number of morpholine rings is 1. The van der Waals surface area contributed by atoms with Gasteiger partial charge in [0, 0.05) is 32.7 Å². The van der Waals surface area contributed by atoms with Crippen LogP contribution in [0, 0.1) is 0 Å². The highest BCUT2D eigenvalue weighted by Gasteiger charge is 2.27. The Kier molecular flexibility index (Phi) is 7.28. The SMILES string of the molecule is C=CCNC(=S)Nc1cc(S(=O)(=O)N2CCOCC2)ccc1N1CCCCC1. The van der Waals surface area contributed by atoms with Crippen LogP contribution >= 0.6 is 12.2 Å². The average molecular weight is 425 g/mol. The van der Waals surface area contributed by atoms with Crippen molar-refractivity contribution in [2.24, 2.45) is 0 Å². The standard InChI is InChI=1S/C19H28N4O3S2/c1-2-8-20-19(27)21-17-15-16(28(24,25)23-11-13-26-14-12-23)6-7-18(17)22-9-4-3-5-10-22/h2,6-7,15H,1,3-5,8-14H2,(H2,20,21,27). The molecular weight excluding hydrogens is 396 g/mol. The lowest BCUT2D eigenvalue weighted by molar-refractivity contribution is 0.0730. The smallest absolute Gasteiger partial charge is 0.243 e. The van der Waals surface area contributed by atoms with Crippen LogP contribution in [0.3, 0.4) is 0 Å². The first kappa shape index (κ1) is 21.0. The Bertz CT molecular complexity index is 801. The van der Waals surface area contributed by atoms with Crippen molar-refractivity contribution in [1.29, 1.82) is 0 Å². The van der Waals surface area contributed by atoms with Gasteiger partial charge in [0.25, 0.3) is 0 Å². The van der Waals surface area contributed by atoms with Gasteiger partial charge in [-0.2, -0.15) is 4.31 Å². The molecule has 7 nitrogen and oxygen atoms in total. The molecule has 2 aliphatic heterocycles. The Hall–Kier alpha value is -1.68. The maximum atomic E-state index is 13.1. The monoisotopic (exact) mass is 424 g/mol. The number of nitrogens with zero attached hydrogens (tertiary/aromatic N) is 2. The number of ether oxygens (including phenoxy) is 1. The van der Waals surface area contributed by atoms with Gasteiger partial charge in [0.2, 0.25) is 10.0 Å². The summed E-state index contributed by atoms with van der Waals surface area (Å²) >= 11 is 5.36. The molecule has 28 heavy (non-hydrogen) atoms. The molecule has 2 saturated heterocycles. The molecule has 1 aromatic rings. The molecule has 0 aromatic heterocycles. The minimum atomic E-state index is -3.57. The number of anilines is 2. The third-order valence-corrected chi connectivity index (χ3v) is 7.07. The summed E-state index contributed by atoms with van der Waals surface area (Å²) in [5, 5.41) is 6.66. The molecule has 0 amide bonds. The lowest BCUT2D eigenvalue weighted by Gasteiger charge is -2.31. The lowest BCUT2D eigenvalue weighted by Crippen LogP contribution is -2.40. The van der Waals surface area contributed by atoms with Crippen LogP contribution in [0.1, 0.15) is 19.3 Å². The summed E-state index contributed by atoms with van der Waals surface area (Å²) in [6.07, 6.45) is 5.21. The van der Waals surface area contributed by atoms with Crippen molar-refractivity contribution in [3.05, 3.63) is 30.9 Å². The highest BCUT2D eigenvalue weighted by Crippen LogP contribution is 2.32. The van der Waals surface area contributed by atoms with E-state index in [-0.39, 0.29) is 4.90 Å². The molecule has 0 saturated carbocycles. The lowest BCUT2D eigenvalue weighted by atomic mass is 10.1. The number of rotatable bonds is 6. The van der Waals surface area contributed by atoms with Crippen LogP contribution in [0.15, 0.2) is 35.7 Å². The first-order valence-electron chi connectivity index (χ1n) is 9.65. The van der Waals surface area contributed by atoms with E-state index in [9.17, 15) is 8.42 Å². The molecule has 0 bridgehead atoms. The predicted molar refractivity (Wildman–Crippen MR) is 117 cm³/mol. The second kappa shape index (κ2) is 9.69. The number of nitrogens with one attached hydrogen (secondary N) is 2. The van der Waals surface area contributed by atoms with Crippen LogP contribution in [-0.2, 0) is 14.8 Å². The molecule has 1 aromatic carbocycles. The quantitative estimate of drug-likeness (QED) is 0.536. The molecule has 2 fully saturated rings. The van der Waals surface area contributed by atoms with Gasteiger partial charge < -0.3 is 20.3 Å². The van der Waals surface area contributed by atoms with Crippen molar-refractivity contribution < 1.29 is 13.2 Å². The Balaban J connectivity index is 1.90. The van der Waals surface area contributed by atoms with Crippen LogP contribution < -0.4 is 15.5 Å². The Morgan fingerprint density at radius 2 is 1.89 bits per heavy atom. The number of hydrogen-bond acceptors (Lipinski definition) is 5. The molecule has 0 spiro atoms. The van der Waals surface area contributed by atoms with E-state index in [1.54, 1.807) is 18.2 Å².